The molecule has 2 aromatic rings. The quantitative estimate of drug-likeness (QED) is 0.263. The van der Waals surface area contributed by atoms with Gasteiger partial charge in [0.15, 0.2) is 8.32 Å². The van der Waals surface area contributed by atoms with Crippen LogP contribution in [0, 0.1) is 0 Å². The summed E-state index contributed by atoms with van der Waals surface area (Å²) in [7, 11) is -5.74. The van der Waals surface area contributed by atoms with E-state index in [9.17, 15) is 8.42 Å². The number of hydrogen-bond acceptors (Lipinski definition) is 3. The maximum absolute atomic E-state index is 13.5. The molecular formula is C26H38BrNO3SSi. The van der Waals surface area contributed by atoms with Gasteiger partial charge < -0.3 is 4.43 Å². The predicted molar refractivity (Wildman–Crippen MR) is 144 cm³/mol. The van der Waals surface area contributed by atoms with Gasteiger partial charge in [0.1, 0.15) is 5.60 Å². The average Bonchev–Trinajstić information content (AvgIpc) is 3.28. The van der Waals surface area contributed by atoms with Gasteiger partial charge in [0.25, 0.3) is 0 Å². The van der Waals surface area contributed by atoms with Crippen LogP contribution in [0.1, 0.15) is 51.2 Å². The lowest BCUT2D eigenvalue weighted by Crippen LogP contribution is -2.58. The van der Waals surface area contributed by atoms with E-state index in [1.807, 2.05) is 36.4 Å². The first-order chi connectivity index (χ1) is 15.5. The molecule has 1 heterocycles. The van der Waals surface area contributed by atoms with Crippen molar-refractivity contribution in [3.05, 3.63) is 71.8 Å². The minimum Gasteiger partial charge on any atom is -0.402 e. The van der Waals surface area contributed by atoms with Crippen LogP contribution in [0.3, 0.4) is 0 Å². The van der Waals surface area contributed by atoms with Gasteiger partial charge in [0.2, 0.25) is 10.0 Å². The molecule has 0 amide bonds. The molecule has 0 radical (unpaired) electrons. The summed E-state index contributed by atoms with van der Waals surface area (Å²) < 4.78 is 36.2. The van der Waals surface area contributed by atoms with Crippen molar-refractivity contribution >= 4 is 34.3 Å². The van der Waals surface area contributed by atoms with E-state index in [-0.39, 0.29) is 16.8 Å². The van der Waals surface area contributed by atoms with Crippen molar-refractivity contribution in [3.8, 4) is 0 Å². The fourth-order valence-corrected chi connectivity index (χ4v) is 8.42. The molecule has 182 valence electrons. The Bertz CT molecular complexity index is 967. The first-order valence-electron chi connectivity index (χ1n) is 11.8. The molecule has 1 saturated heterocycles. The molecule has 1 atom stereocenters. The first-order valence-corrected chi connectivity index (χ1v) is 17.5. The molecule has 0 aromatic heterocycles. The Morgan fingerprint density at radius 1 is 1.00 bits per heavy atom. The second kappa shape index (κ2) is 10.3. The molecule has 0 aliphatic carbocycles. The molecule has 0 bridgehead atoms. The Kier molecular flexibility index (Phi) is 8.32. The van der Waals surface area contributed by atoms with Crippen LogP contribution >= 0.6 is 15.9 Å². The molecule has 1 aliphatic rings. The third-order valence-electron chi connectivity index (χ3n) is 7.19. The van der Waals surface area contributed by atoms with Crippen LogP contribution in [0.2, 0.25) is 18.1 Å². The van der Waals surface area contributed by atoms with E-state index in [0.29, 0.717) is 18.3 Å². The van der Waals surface area contributed by atoms with E-state index in [1.165, 1.54) is 0 Å². The maximum Gasteiger partial charge on any atom is 0.214 e. The van der Waals surface area contributed by atoms with Crippen molar-refractivity contribution in [1.29, 1.82) is 0 Å². The van der Waals surface area contributed by atoms with Gasteiger partial charge in [0, 0.05) is 11.9 Å². The van der Waals surface area contributed by atoms with Crippen molar-refractivity contribution in [3.63, 3.8) is 0 Å². The van der Waals surface area contributed by atoms with Crippen LogP contribution in [-0.2, 0) is 20.1 Å². The minimum absolute atomic E-state index is 0.0277. The molecule has 1 fully saturated rings. The summed E-state index contributed by atoms with van der Waals surface area (Å²) in [6, 6.07) is 20.2. The standard InChI is InChI=1S/C26H38BrNO3SSi/c1-25(2,3)33(4,5)31-26(22-14-8-6-9-15-22,23-16-10-7-11-17-23)24-18-12-20-28(24)32(29,30)21-13-19-27/h6-11,14-17,24H,12-13,18-21H2,1-5H3. The van der Waals surface area contributed by atoms with Crippen molar-refractivity contribution < 1.29 is 12.8 Å². The van der Waals surface area contributed by atoms with Gasteiger partial charge in [0.05, 0.1) is 11.8 Å². The number of sulfonamides is 1. The zero-order valence-electron chi connectivity index (χ0n) is 20.6. The van der Waals surface area contributed by atoms with Crippen molar-refractivity contribution in [2.24, 2.45) is 0 Å². The zero-order valence-corrected chi connectivity index (χ0v) is 24.0. The topological polar surface area (TPSA) is 46.6 Å². The summed E-state index contributed by atoms with van der Waals surface area (Å²) in [4.78, 5) is 0. The monoisotopic (exact) mass is 551 g/mol. The van der Waals surface area contributed by atoms with Crippen LogP contribution in [0.5, 0.6) is 0 Å². The molecule has 0 N–H and O–H groups in total. The van der Waals surface area contributed by atoms with E-state index in [1.54, 1.807) is 4.31 Å². The highest BCUT2D eigenvalue weighted by molar-refractivity contribution is 9.09. The summed E-state index contributed by atoms with van der Waals surface area (Å²) in [6.07, 6.45) is 2.20. The fraction of sp³-hybridized carbons (Fsp3) is 0.538. The average molecular weight is 553 g/mol. The van der Waals surface area contributed by atoms with Crippen molar-refractivity contribution in [2.45, 2.75) is 69.8 Å². The first kappa shape index (κ1) is 26.6. The van der Waals surface area contributed by atoms with Gasteiger partial charge in [-0.05, 0) is 48.5 Å². The summed E-state index contributed by atoms with van der Waals surface area (Å²) in [5, 5.41) is 0.647. The Hall–Kier alpha value is -0.993. The number of hydrogen-bond donors (Lipinski definition) is 0. The molecule has 3 rings (SSSR count). The predicted octanol–water partition coefficient (Wildman–Crippen LogP) is 6.53. The molecule has 0 saturated carbocycles. The van der Waals surface area contributed by atoms with Crippen LogP contribution in [0.15, 0.2) is 60.7 Å². The second-order valence-corrected chi connectivity index (χ2v) is 18.0. The second-order valence-electron chi connectivity index (χ2n) is 10.5. The van der Waals surface area contributed by atoms with Crippen LogP contribution in [0.25, 0.3) is 0 Å². The maximum atomic E-state index is 13.5. The molecule has 0 spiro atoms. The Labute approximate surface area is 210 Å². The number of nitrogens with zero attached hydrogens (tertiary/aromatic N) is 1. The van der Waals surface area contributed by atoms with Gasteiger partial charge in [-0.15, -0.1) is 0 Å². The van der Waals surface area contributed by atoms with E-state index in [0.717, 1.165) is 24.0 Å². The fourth-order valence-electron chi connectivity index (χ4n) is 4.50. The summed E-state index contributed by atoms with van der Waals surface area (Å²) in [5.74, 6) is 0.147. The van der Waals surface area contributed by atoms with E-state index in [2.05, 4.69) is 74.1 Å². The number of benzene rings is 2. The van der Waals surface area contributed by atoms with Crippen molar-refractivity contribution in [1.82, 2.24) is 4.31 Å². The van der Waals surface area contributed by atoms with Gasteiger partial charge >= 0.3 is 0 Å². The van der Waals surface area contributed by atoms with E-state index < -0.39 is 23.9 Å². The molecule has 1 aliphatic heterocycles. The normalized spacial score (nSPS) is 18.5. The number of halogens is 1. The van der Waals surface area contributed by atoms with Gasteiger partial charge in [-0.1, -0.05) is 97.4 Å². The lowest BCUT2D eigenvalue weighted by Gasteiger charge is -2.50. The molecule has 2 aromatic carbocycles. The number of rotatable bonds is 9. The van der Waals surface area contributed by atoms with Crippen LogP contribution in [-0.4, -0.2) is 44.7 Å². The van der Waals surface area contributed by atoms with Gasteiger partial charge in [-0.25, -0.2) is 8.42 Å². The molecule has 7 heteroatoms. The SMILES string of the molecule is CC(C)(C)[Si](C)(C)OC(c1ccccc1)(c1ccccc1)C1CCCN1S(=O)(=O)CCCBr. The Balaban J connectivity index is 2.28. The lowest BCUT2D eigenvalue weighted by atomic mass is 9.79. The molecule has 4 nitrogen and oxygen atoms in total. The Morgan fingerprint density at radius 2 is 1.52 bits per heavy atom. The highest BCUT2D eigenvalue weighted by atomic mass is 79.9. The van der Waals surface area contributed by atoms with Crippen molar-refractivity contribution in [2.75, 3.05) is 17.6 Å². The highest BCUT2D eigenvalue weighted by Crippen LogP contribution is 2.50. The van der Waals surface area contributed by atoms with Crippen LogP contribution in [0.4, 0.5) is 0 Å². The van der Waals surface area contributed by atoms with Gasteiger partial charge in [-0.2, -0.15) is 4.31 Å². The smallest absolute Gasteiger partial charge is 0.214 e. The Morgan fingerprint density at radius 3 is 1.97 bits per heavy atom. The molecular weight excluding hydrogens is 514 g/mol. The third kappa shape index (κ3) is 5.48. The molecule has 1 unspecified atom stereocenters. The third-order valence-corrected chi connectivity index (χ3v) is 14.2. The summed E-state index contributed by atoms with van der Waals surface area (Å²) in [5.41, 5.74) is 1.17. The largest absolute Gasteiger partial charge is 0.402 e. The summed E-state index contributed by atoms with van der Waals surface area (Å²) >= 11 is 3.40. The lowest BCUT2D eigenvalue weighted by molar-refractivity contribution is 0.0322. The molecule has 33 heavy (non-hydrogen) atoms. The van der Waals surface area contributed by atoms with Gasteiger partial charge in [-0.3, -0.25) is 0 Å². The van der Waals surface area contributed by atoms with Crippen LogP contribution < -0.4 is 0 Å². The van der Waals surface area contributed by atoms with E-state index >= 15 is 0 Å². The van der Waals surface area contributed by atoms with E-state index in [4.69, 9.17) is 4.43 Å². The summed E-state index contributed by atoms with van der Waals surface area (Å²) in [6.45, 7) is 11.8. The zero-order chi connectivity index (χ0) is 24.3. The minimum atomic E-state index is -3.42. The number of alkyl halides is 1. The highest BCUT2D eigenvalue weighted by Gasteiger charge is 2.55.